The summed E-state index contributed by atoms with van der Waals surface area (Å²) in [5, 5.41) is 11.1. The Morgan fingerprint density at radius 3 is 2.81 bits per heavy atom. The molecule has 2 N–H and O–H groups in total. The second-order valence-corrected chi connectivity index (χ2v) is 4.62. The van der Waals surface area contributed by atoms with Gasteiger partial charge in [0.15, 0.2) is 0 Å². The van der Waals surface area contributed by atoms with E-state index in [9.17, 15) is 10.1 Å². The van der Waals surface area contributed by atoms with Crippen molar-refractivity contribution in [2.45, 2.75) is 26.7 Å². The van der Waals surface area contributed by atoms with Crippen LogP contribution in [-0.2, 0) is 6.42 Å². The fourth-order valence-corrected chi connectivity index (χ4v) is 1.94. The van der Waals surface area contributed by atoms with Crippen molar-refractivity contribution in [1.82, 2.24) is 9.97 Å². The third-order valence-electron chi connectivity index (χ3n) is 2.96. The van der Waals surface area contributed by atoms with Gasteiger partial charge < -0.3 is 10.5 Å². The van der Waals surface area contributed by atoms with Gasteiger partial charge in [0.1, 0.15) is 12.1 Å². The maximum absolute atomic E-state index is 11.1. The first kappa shape index (κ1) is 14.7. The third kappa shape index (κ3) is 3.25. The quantitative estimate of drug-likeness (QED) is 0.669. The van der Waals surface area contributed by atoms with E-state index in [0.717, 1.165) is 12.0 Å². The number of nitro benzene ring substituents is 1. The Morgan fingerprint density at radius 2 is 2.14 bits per heavy atom. The molecule has 0 aliphatic carbocycles. The molecule has 7 heteroatoms. The molecular weight excluding hydrogens is 272 g/mol. The predicted octanol–water partition coefficient (Wildman–Crippen LogP) is 3.02. The second-order valence-electron chi connectivity index (χ2n) is 4.62. The predicted molar refractivity (Wildman–Crippen MR) is 78.3 cm³/mol. The van der Waals surface area contributed by atoms with Crippen LogP contribution in [0.1, 0.15) is 24.5 Å². The van der Waals surface area contributed by atoms with Crippen molar-refractivity contribution in [3.8, 4) is 11.6 Å². The Morgan fingerprint density at radius 1 is 1.38 bits per heavy atom. The van der Waals surface area contributed by atoms with Crippen LogP contribution in [0.25, 0.3) is 0 Å². The van der Waals surface area contributed by atoms with E-state index in [0.29, 0.717) is 17.8 Å². The summed E-state index contributed by atoms with van der Waals surface area (Å²) < 4.78 is 5.64. The standard InChI is InChI=1S/C14H16N4O3/c1-3-4-10-13(15)16-8-17-14(10)21-12-7-9(2)5-6-11(12)18(19)20/h5-8H,3-4H2,1-2H3,(H2,15,16,17). The van der Waals surface area contributed by atoms with Crippen LogP contribution in [0.3, 0.4) is 0 Å². The lowest BCUT2D eigenvalue weighted by Gasteiger charge is -2.11. The van der Waals surface area contributed by atoms with Gasteiger partial charge in [-0.3, -0.25) is 10.1 Å². The molecule has 0 atom stereocenters. The molecule has 0 saturated carbocycles. The Kier molecular flexibility index (Phi) is 4.32. The van der Waals surface area contributed by atoms with E-state index in [1.807, 2.05) is 13.8 Å². The maximum Gasteiger partial charge on any atom is 0.311 e. The van der Waals surface area contributed by atoms with Gasteiger partial charge in [0.2, 0.25) is 11.6 Å². The van der Waals surface area contributed by atoms with Gasteiger partial charge in [0.25, 0.3) is 0 Å². The van der Waals surface area contributed by atoms with Crippen molar-refractivity contribution in [1.29, 1.82) is 0 Å². The maximum atomic E-state index is 11.1. The first-order valence-corrected chi connectivity index (χ1v) is 6.55. The van der Waals surface area contributed by atoms with E-state index in [2.05, 4.69) is 9.97 Å². The summed E-state index contributed by atoms with van der Waals surface area (Å²) >= 11 is 0. The number of nitro groups is 1. The second kappa shape index (κ2) is 6.17. The number of hydrogen-bond donors (Lipinski definition) is 1. The van der Waals surface area contributed by atoms with Gasteiger partial charge in [-0.25, -0.2) is 9.97 Å². The van der Waals surface area contributed by atoms with Crippen LogP contribution in [-0.4, -0.2) is 14.9 Å². The summed E-state index contributed by atoms with van der Waals surface area (Å²) in [4.78, 5) is 18.6. The number of hydrogen-bond acceptors (Lipinski definition) is 6. The molecule has 1 aromatic heterocycles. The molecule has 0 radical (unpaired) electrons. The topological polar surface area (TPSA) is 104 Å². The highest BCUT2D eigenvalue weighted by Gasteiger charge is 2.18. The summed E-state index contributed by atoms with van der Waals surface area (Å²) in [7, 11) is 0. The molecule has 2 aromatic rings. The van der Waals surface area contributed by atoms with Gasteiger partial charge in [-0.15, -0.1) is 0 Å². The zero-order valence-electron chi connectivity index (χ0n) is 11.9. The van der Waals surface area contributed by atoms with Crippen molar-refractivity contribution in [2.24, 2.45) is 0 Å². The lowest BCUT2D eigenvalue weighted by Crippen LogP contribution is -2.03. The van der Waals surface area contributed by atoms with Crippen molar-refractivity contribution < 1.29 is 9.66 Å². The first-order valence-electron chi connectivity index (χ1n) is 6.55. The highest BCUT2D eigenvalue weighted by molar-refractivity contribution is 5.52. The first-order chi connectivity index (χ1) is 10.0. The smallest absolute Gasteiger partial charge is 0.311 e. The Balaban J connectivity index is 2.45. The summed E-state index contributed by atoms with van der Waals surface area (Å²) in [6.45, 7) is 3.82. The monoisotopic (exact) mass is 288 g/mol. The van der Waals surface area contributed by atoms with Gasteiger partial charge in [-0.1, -0.05) is 19.4 Å². The van der Waals surface area contributed by atoms with E-state index in [1.54, 1.807) is 12.1 Å². The van der Waals surface area contributed by atoms with Gasteiger partial charge in [0, 0.05) is 6.07 Å². The number of anilines is 1. The average Bonchev–Trinajstić information content (AvgIpc) is 2.42. The van der Waals surface area contributed by atoms with Gasteiger partial charge >= 0.3 is 5.69 Å². The van der Waals surface area contributed by atoms with Gasteiger partial charge in [-0.2, -0.15) is 0 Å². The molecule has 0 unspecified atom stereocenters. The minimum absolute atomic E-state index is 0.111. The highest BCUT2D eigenvalue weighted by atomic mass is 16.6. The van der Waals surface area contributed by atoms with Crippen LogP contribution in [0.5, 0.6) is 11.6 Å². The van der Waals surface area contributed by atoms with Crippen molar-refractivity contribution >= 4 is 11.5 Å². The van der Waals surface area contributed by atoms with E-state index in [-0.39, 0.29) is 17.3 Å². The van der Waals surface area contributed by atoms with Crippen molar-refractivity contribution in [2.75, 3.05) is 5.73 Å². The third-order valence-corrected chi connectivity index (χ3v) is 2.96. The molecular formula is C14H16N4O3. The normalized spacial score (nSPS) is 10.4. The minimum atomic E-state index is -0.487. The van der Waals surface area contributed by atoms with E-state index in [4.69, 9.17) is 10.5 Å². The summed E-state index contributed by atoms with van der Waals surface area (Å²) in [6, 6.07) is 4.67. The van der Waals surface area contributed by atoms with Crippen LogP contribution < -0.4 is 10.5 Å². The average molecular weight is 288 g/mol. The summed E-state index contributed by atoms with van der Waals surface area (Å²) in [5.74, 6) is 0.741. The molecule has 0 amide bonds. The van der Waals surface area contributed by atoms with Gasteiger partial charge in [-0.05, 0) is 25.0 Å². The number of rotatable bonds is 5. The molecule has 0 aliphatic heterocycles. The Hall–Kier alpha value is -2.70. The molecule has 1 aromatic carbocycles. The lowest BCUT2D eigenvalue weighted by molar-refractivity contribution is -0.385. The van der Waals surface area contributed by atoms with Gasteiger partial charge in [0.05, 0.1) is 10.5 Å². The van der Waals surface area contributed by atoms with E-state index >= 15 is 0 Å². The molecule has 7 nitrogen and oxygen atoms in total. The van der Waals surface area contributed by atoms with Crippen LogP contribution in [0.2, 0.25) is 0 Å². The number of nitrogen functional groups attached to an aromatic ring is 1. The number of aromatic nitrogens is 2. The van der Waals surface area contributed by atoms with Crippen LogP contribution >= 0.6 is 0 Å². The van der Waals surface area contributed by atoms with Crippen LogP contribution in [0.4, 0.5) is 11.5 Å². The fraction of sp³-hybridized carbons (Fsp3) is 0.286. The zero-order valence-corrected chi connectivity index (χ0v) is 11.9. The minimum Gasteiger partial charge on any atom is -0.431 e. The molecule has 0 spiro atoms. The molecule has 21 heavy (non-hydrogen) atoms. The largest absolute Gasteiger partial charge is 0.431 e. The van der Waals surface area contributed by atoms with E-state index in [1.165, 1.54) is 12.4 Å². The fourth-order valence-electron chi connectivity index (χ4n) is 1.94. The molecule has 110 valence electrons. The zero-order chi connectivity index (χ0) is 15.4. The molecule has 0 bridgehead atoms. The SMILES string of the molecule is CCCc1c(N)ncnc1Oc1cc(C)ccc1[N+](=O)[O-]. The number of aryl methyl sites for hydroxylation is 1. The number of benzene rings is 1. The molecule has 2 rings (SSSR count). The highest BCUT2D eigenvalue weighted by Crippen LogP contribution is 2.33. The van der Waals surface area contributed by atoms with Crippen molar-refractivity contribution in [3.05, 3.63) is 45.8 Å². The van der Waals surface area contributed by atoms with Crippen LogP contribution in [0, 0.1) is 17.0 Å². The molecule has 1 heterocycles. The molecule has 0 aliphatic rings. The molecule has 0 fully saturated rings. The van der Waals surface area contributed by atoms with E-state index < -0.39 is 4.92 Å². The summed E-state index contributed by atoms with van der Waals surface area (Å²) in [6.07, 6.45) is 2.76. The molecule has 0 saturated heterocycles. The summed E-state index contributed by atoms with van der Waals surface area (Å²) in [5.41, 5.74) is 7.23. The van der Waals surface area contributed by atoms with Crippen molar-refractivity contribution in [3.63, 3.8) is 0 Å². The number of nitrogens with two attached hydrogens (primary N) is 1. The number of nitrogens with zero attached hydrogens (tertiary/aromatic N) is 3. The Labute approximate surface area is 121 Å². The Bertz CT molecular complexity index is 673. The lowest BCUT2D eigenvalue weighted by atomic mass is 10.1. The number of ether oxygens (including phenoxy) is 1. The van der Waals surface area contributed by atoms with Crippen LogP contribution in [0.15, 0.2) is 24.5 Å².